The van der Waals surface area contributed by atoms with Gasteiger partial charge in [-0.2, -0.15) is 0 Å². The molecule has 0 aliphatic carbocycles. The molecule has 0 bridgehead atoms. The lowest BCUT2D eigenvalue weighted by atomic mass is 10.0. The van der Waals surface area contributed by atoms with Gasteiger partial charge in [-0.3, -0.25) is 14.5 Å². The molecule has 0 aromatic heterocycles. The van der Waals surface area contributed by atoms with Gasteiger partial charge in [-0.25, -0.2) is 4.39 Å². The predicted molar refractivity (Wildman–Crippen MR) is 136 cm³/mol. The number of methoxy groups -OCH3 is 2. The average molecular weight is 502 g/mol. The van der Waals surface area contributed by atoms with Gasteiger partial charge in [0.1, 0.15) is 24.8 Å². The fraction of sp³-hybridized carbons (Fsp3) is 0.481. The molecule has 2 aromatic carbocycles. The third kappa shape index (κ3) is 7.02. The highest BCUT2D eigenvalue weighted by molar-refractivity contribution is 5.98. The number of likely N-dealkylation sites (N-methyl/N-ethyl adjacent to an activating group) is 1. The molecule has 0 saturated heterocycles. The van der Waals surface area contributed by atoms with Crippen molar-refractivity contribution in [1.29, 1.82) is 0 Å². The topological polar surface area (TPSA) is 80.3 Å². The molecular weight excluding hydrogens is 465 g/mol. The molecule has 196 valence electrons. The molecule has 0 unspecified atom stereocenters. The highest BCUT2D eigenvalue weighted by Crippen LogP contribution is 2.27. The second-order valence-corrected chi connectivity index (χ2v) is 9.31. The Balaban J connectivity index is 1.94. The van der Waals surface area contributed by atoms with E-state index in [-0.39, 0.29) is 48.9 Å². The molecule has 0 spiro atoms. The standard InChI is InChI=1S/C27H36FN3O5/c1-18-13-31(14-20-8-6-7-9-23(20)28)19(2)16-36-24-12-21(29-26(32)17-34-4)10-11-22(24)27(33)30(3)15-25(18)35-5/h6-12,18-19,25H,13-17H2,1-5H3,(H,29,32)/t18-,19+,25-/m1/s1. The van der Waals surface area contributed by atoms with Crippen molar-refractivity contribution in [3.63, 3.8) is 0 Å². The number of anilines is 1. The molecule has 8 nitrogen and oxygen atoms in total. The summed E-state index contributed by atoms with van der Waals surface area (Å²) in [5.41, 5.74) is 1.49. The monoisotopic (exact) mass is 501 g/mol. The molecule has 0 fully saturated rings. The molecule has 2 amide bonds. The first-order valence-electron chi connectivity index (χ1n) is 12.0. The van der Waals surface area contributed by atoms with E-state index >= 15 is 0 Å². The van der Waals surface area contributed by atoms with Crippen LogP contribution < -0.4 is 10.1 Å². The van der Waals surface area contributed by atoms with Crippen LogP contribution in [-0.4, -0.2) is 81.3 Å². The minimum atomic E-state index is -0.310. The Morgan fingerprint density at radius 2 is 1.92 bits per heavy atom. The van der Waals surface area contributed by atoms with Crippen molar-refractivity contribution in [3.05, 3.63) is 59.4 Å². The van der Waals surface area contributed by atoms with Gasteiger partial charge in [0, 0.05) is 64.3 Å². The summed E-state index contributed by atoms with van der Waals surface area (Å²) in [5, 5.41) is 2.75. The van der Waals surface area contributed by atoms with Crippen molar-refractivity contribution in [1.82, 2.24) is 9.80 Å². The number of carbonyl (C=O) groups excluding carboxylic acids is 2. The zero-order valence-corrected chi connectivity index (χ0v) is 21.6. The lowest BCUT2D eigenvalue weighted by Crippen LogP contribution is -2.46. The number of fused-ring (bicyclic) bond motifs is 1. The van der Waals surface area contributed by atoms with Gasteiger partial charge < -0.3 is 24.4 Å². The van der Waals surface area contributed by atoms with E-state index in [1.165, 1.54) is 13.2 Å². The number of nitrogens with one attached hydrogen (secondary N) is 1. The van der Waals surface area contributed by atoms with Crippen LogP contribution in [0.4, 0.5) is 10.1 Å². The fourth-order valence-corrected chi connectivity index (χ4v) is 4.32. The number of benzene rings is 2. The third-order valence-electron chi connectivity index (χ3n) is 6.47. The SMILES string of the molecule is COCC(=O)Nc1ccc2c(c1)OC[C@H](C)N(Cc1ccccc1F)C[C@@H](C)[C@H](OC)CN(C)C2=O. The fourth-order valence-electron chi connectivity index (χ4n) is 4.32. The third-order valence-corrected chi connectivity index (χ3v) is 6.47. The zero-order valence-electron chi connectivity index (χ0n) is 21.6. The number of nitrogens with zero attached hydrogens (tertiary/aromatic N) is 2. The number of ether oxygens (including phenoxy) is 3. The van der Waals surface area contributed by atoms with Crippen molar-refractivity contribution >= 4 is 17.5 Å². The Bertz CT molecular complexity index is 1050. The van der Waals surface area contributed by atoms with E-state index in [0.717, 1.165) is 0 Å². The predicted octanol–water partition coefficient (Wildman–Crippen LogP) is 3.42. The summed E-state index contributed by atoms with van der Waals surface area (Å²) in [5.74, 6) is -0.334. The second kappa shape index (κ2) is 12.8. The first-order valence-corrected chi connectivity index (χ1v) is 12.0. The van der Waals surface area contributed by atoms with Crippen LogP contribution in [0.1, 0.15) is 29.8 Å². The Kier molecular flexibility index (Phi) is 9.81. The van der Waals surface area contributed by atoms with Crippen LogP contribution in [0.25, 0.3) is 0 Å². The first kappa shape index (κ1) is 27.6. The van der Waals surface area contributed by atoms with E-state index in [0.29, 0.717) is 42.2 Å². The smallest absolute Gasteiger partial charge is 0.257 e. The van der Waals surface area contributed by atoms with Gasteiger partial charge >= 0.3 is 0 Å². The van der Waals surface area contributed by atoms with E-state index in [2.05, 4.69) is 17.1 Å². The van der Waals surface area contributed by atoms with E-state index in [9.17, 15) is 14.0 Å². The van der Waals surface area contributed by atoms with Crippen LogP contribution in [0.3, 0.4) is 0 Å². The Morgan fingerprint density at radius 1 is 1.17 bits per heavy atom. The van der Waals surface area contributed by atoms with Gasteiger partial charge in [-0.15, -0.1) is 0 Å². The Morgan fingerprint density at radius 3 is 2.61 bits per heavy atom. The maximum absolute atomic E-state index is 14.5. The molecule has 1 heterocycles. The van der Waals surface area contributed by atoms with Gasteiger partial charge in [0.2, 0.25) is 5.91 Å². The van der Waals surface area contributed by atoms with Crippen LogP contribution in [0.5, 0.6) is 5.75 Å². The molecule has 2 aromatic rings. The summed E-state index contributed by atoms with van der Waals surface area (Å²) < 4.78 is 31.3. The van der Waals surface area contributed by atoms with Crippen LogP contribution in [0, 0.1) is 11.7 Å². The number of hydrogen-bond donors (Lipinski definition) is 1. The van der Waals surface area contributed by atoms with E-state index in [1.54, 1.807) is 49.4 Å². The van der Waals surface area contributed by atoms with Crippen LogP contribution in [-0.2, 0) is 20.8 Å². The molecular formula is C27H36FN3O5. The van der Waals surface area contributed by atoms with Crippen molar-refractivity contribution < 1.29 is 28.2 Å². The molecule has 1 aliphatic heterocycles. The normalized spacial score (nSPS) is 21.7. The van der Waals surface area contributed by atoms with Crippen molar-refractivity contribution in [2.24, 2.45) is 5.92 Å². The van der Waals surface area contributed by atoms with E-state index < -0.39 is 0 Å². The molecule has 1 aliphatic rings. The number of amides is 2. The van der Waals surface area contributed by atoms with E-state index in [1.807, 2.05) is 13.0 Å². The minimum Gasteiger partial charge on any atom is -0.491 e. The quantitative estimate of drug-likeness (QED) is 0.654. The molecule has 9 heteroatoms. The first-order chi connectivity index (χ1) is 17.2. The average Bonchev–Trinajstić information content (AvgIpc) is 2.85. The molecule has 36 heavy (non-hydrogen) atoms. The molecule has 0 radical (unpaired) electrons. The highest BCUT2D eigenvalue weighted by Gasteiger charge is 2.29. The lowest BCUT2D eigenvalue weighted by molar-refractivity contribution is -0.119. The Labute approximate surface area is 212 Å². The Hall–Kier alpha value is -3.01. The molecule has 3 rings (SSSR count). The van der Waals surface area contributed by atoms with Crippen molar-refractivity contribution in [2.75, 3.05) is 52.9 Å². The van der Waals surface area contributed by atoms with Crippen LogP contribution in [0.2, 0.25) is 0 Å². The van der Waals surface area contributed by atoms with Gasteiger partial charge in [0.05, 0.1) is 11.7 Å². The maximum Gasteiger partial charge on any atom is 0.257 e. The van der Waals surface area contributed by atoms with Crippen molar-refractivity contribution in [2.45, 2.75) is 32.5 Å². The van der Waals surface area contributed by atoms with Gasteiger partial charge in [0.15, 0.2) is 0 Å². The summed E-state index contributed by atoms with van der Waals surface area (Å²) in [7, 11) is 4.81. The second-order valence-electron chi connectivity index (χ2n) is 9.31. The number of halogens is 1. The molecule has 0 saturated carbocycles. The summed E-state index contributed by atoms with van der Waals surface area (Å²) >= 11 is 0. The largest absolute Gasteiger partial charge is 0.491 e. The van der Waals surface area contributed by atoms with Gasteiger partial charge in [-0.1, -0.05) is 25.1 Å². The minimum absolute atomic E-state index is 0.0664. The van der Waals surface area contributed by atoms with Gasteiger partial charge in [0.25, 0.3) is 5.91 Å². The molecule has 3 atom stereocenters. The van der Waals surface area contributed by atoms with E-state index in [4.69, 9.17) is 14.2 Å². The molecule has 1 N–H and O–H groups in total. The highest BCUT2D eigenvalue weighted by atomic mass is 19.1. The van der Waals surface area contributed by atoms with Crippen LogP contribution in [0.15, 0.2) is 42.5 Å². The summed E-state index contributed by atoms with van der Waals surface area (Å²) in [6, 6.07) is 11.6. The number of carbonyl (C=O) groups is 2. The zero-order chi connectivity index (χ0) is 26.2. The lowest BCUT2D eigenvalue weighted by Gasteiger charge is -2.36. The summed E-state index contributed by atoms with van der Waals surface area (Å²) in [6.07, 6.45) is -0.217. The summed E-state index contributed by atoms with van der Waals surface area (Å²) in [6.45, 7) is 5.68. The maximum atomic E-state index is 14.5. The number of rotatable bonds is 6. The summed E-state index contributed by atoms with van der Waals surface area (Å²) in [4.78, 5) is 29.1. The number of hydrogen-bond acceptors (Lipinski definition) is 6. The van der Waals surface area contributed by atoms with Crippen LogP contribution >= 0.6 is 0 Å². The van der Waals surface area contributed by atoms with Crippen molar-refractivity contribution in [3.8, 4) is 5.75 Å². The van der Waals surface area contributed by atoms with Gasteiger partial charge in [-0.05, 0) is 31.0 Å².